The van der Waals surface area contributed by atoms with Crippen molar-refractivity contribution in [2.45, 2.75) is 52.0 Å². The first-order valence-corrected chi connectivity index (χ1v) is 7.37. The topological polar surface area (TPSA) is 49.3 Å². The largest absolute Gasteiger partial charge is 0.478 e. The molecule has 0 radical (unpaired) electrons. The van der Waals surface area contributed by atoms with E-state index in [9.17, 15) is 9.18 Å². The van der Waals surface area contributed by atoms with Gasteiger partial charge in [-0.2, -0.15) is 0 Å². The SMILES string of the molecule is CCCCCCCCNCc1ccc(C(=O)O)c(F)c1. The lowest BCUT2D eigenvalue weighted by molar-refractivity contribution is 0.0692. The number of hydrogen-bond acceptors (Lipinski definition) is 2. The first kappa shape index (κ1) is 16.6. The van der Waals surface area contributed by atoms with Gasteiger partial charge in [-0.25, -0.2) is 9.18 Å². The molecule has 0 unspecified atom stereocenters. The number of unbranched alkanes of at least 4 members (excludes halogenated alkanes) is 5. The molecular formula is C16H24FNO2. The quantitative estimate of drug-likeness (QED) is 0.638. The van der Waals surface area contributed by atoms with Crippen LogP contribution in [0, 0.1) is 5.82 Å². The molecular weight excluding hydrogens is 257 g/mol. The summed E-state index contributed by atoms with van der Waals surface area (Å²) in [6.45, 7) is 3.69. The van der Waals surface area contributed by atoms with Crippen LogP contribution < -0.4 is 5.32 Å². The van der Waals surface area contributed by atoms with Gasteiger partial charge in [0.1, 0.15) is 5.82 Å². The molecule has 0 amide bonds. The summed E-state index contributed by atoms with van der Waals surface area (Å²) < 4.78 is 13.4. The molecule has 1 aromatic rings. The summed E-state index contributed by atoms with van der Waals surface area (Å²) in [4.78, 5) is 10.7. The minimum Gasteiger partial charge on any atom is -0.478 e. The molecule has 3 nitrogen and oxygen atoms in total. The zero-order valence-corrected chi connectivity index (χ0v) is 12.1. The van der Waals surface area contributed by atoms with E-state index in [1.54, 1.807) is 6.07 Å². The van der Waals surface area contributed by atoms with E-state index < -0.39 is 11.8 Å². The second-order valence-corrected chi connectivity index (χ2v) is 5.06. The Balaban J connectivity index is 2.19. The number of halogens is 1. The Morgan fingerprint density at radius 2 is 1.90 bits per heavy atom. The Kier molecular flexibility index (Phi) is 7.88. The van der Waals surface area contributed by atoms with E-state index >= 15 is 0 Å². The number of carbonyl (C=O) groups is 1. The van der Waals surface area contributed by atoms with Crippen LogP contribution in [0.25, 0.3) is 0 Å². The van der Waals surface area contributed by atoms with Gasteiger partial charge in [0.2, 0.25) is 0 Å². The van der Waals surface area contributed by atoms with Crippen LogP contribution in [0.3, 0.4) is 0 Å². The Bertz CT molecular complexity index is 421. The molecule has 20 heavy (non-hydrogen) atoms. The molecule has 112 valence electrons. The second-order valence-electron chi connectivity index (χ2n) is 5.06. The lowest BCUT2D eigenvalue weighted by Gasteiger charge is -2.06. The van der Waals surface area contributed by atoms with E-state index in [-0.39, 0.29) is 5.56 Å². The summed E-state index contributed by atoms with van der Waals surface area (Å²) >= 11 is 0. The van der Waals surface area contributed by atoms with Gasteiger partial charge in [0.05, 0.1) is 5.56 Å². The molecule has 0 spiro atoms. The number of nitrogens with one attached hydrogen (secondary N) is 1. The lowest BCUT2D eigenvalue weighted by atomic mass is 10.1. The van der Waals surface area contributed by atoms with Gasteiger partial charge < -0.3 is 10.4 Å². The van der Waals surface area contributed by atoms with E-state index in [1.165, 1.54) is 44.2 Å². The predicted octanol–water partition coefficient (Wildman–Crippen LogP) is 3.97. The van der Waals surface area contributed by atoms with E-state index in [2.05, 4.69) is 12.2 Å². The molecule has 1 aromatic carbocycles. The Morgan fingerprint density at radius 3 is 2.55 bits per heavy atom. The van der Waals surface area contributed by atoms with E-state index in [4.69, 9.17) is 5.11 Å². The van der Waals surface area contributed by atoms with Crippen LogP contribution in [0.5, 0.6) is 0 Å². The van der Waals surface area contributed by atoms with Gasteiger partial charge in [-0.3, -0.25) is 0 Å². The molecule has 0 aliphatic heterocycles. The number of hydrogen-bond donors (Lipinski definition) is 2. The van der Waals surface area contributed by atoms with Crippen LogP contribution in [-0.4, -0.2) is 17.6 Å². The third-order valence-corrected chi connectivity index (χ3v) is 3.30. The average Bonchev–Trinajstić information content (AvgIpc) is 2.41. The van der Waals surface area contributed by atoms with Crippen LogP contribution in [0.1, 0.15) is 61.4 Å². The molecule has 0 bridgehead atoms. The maximum absolute atomic E-state index is 13.4. The predicted molar refractivity (Wildman–Crippen MR) is 78.4 cm³/mol. The number of carboxylic acids is 1. The summed E-state index contributed by atoms with van der Waals surface area (Å²) in [6, 6.07) is 4.26. The van der Waals surface area contributed by atoms with Crippen molar-refractivity contribution in [3.63, 3.8) is 0 Å². The molecule has 4 heteroatoms. The van der Waals surface area contributed by atoms with Gasteiger partial charge in [-0.05, 0) is 30.7 Å². The molecule has 0 saturated carbocycles. The van der Waals surface area contributed by atoms with Crippen molar-refractivity contribution < 1.29 is 14.3 Å². The normalized spacial score (nSPS) is 10.7. The third-order valence-electron chi connectivity index (χ3n) is 3.30. The highest BCUT2D eigenvalue weighted by Gasteiger charge is 2.09. The number of carboxylic acid groups (broad SMARTS) is 1. The van der Waals surface area contributed by atoms with Crippen molar-refractivity contribution >= 4 is 5.97 Å². The monoisotopic (exact) mass is 281 g/mol. The molecule has 0 aliphatic carbocycles. The van der Waals surface area contributed by atoms with Gasteiger partial charge in [-0.15, -0.1) is 0 Å². The van der Waals surface area contributed by atoms with Crippen LogP contribution in [0.15, 0.2) is 18.2 Å². The molecule has 0 saturated heterocycles. The van der Waals surface area contributed by atoms with Gasteiger partial charge in [0.25, 0.3) is 0 Å². The Hall–Kier alpha value is -1.42. The van der Waals surface area contributed by atoms with Gasteiger partial charge >= 0.3 is 5.97 Å². The summed E-state index contributed by atoms with van der Waals surface area (Å²) in [5.74, 6) is -1.90. The van der Waals surface area contributed by atoms with Crippen LogP contribution in [0.4, 0.5) is 4.39 Å². The minimum absolute atomic E-state index is 0.273. The first-order valence-electron chi connectivity index (χ1n) is 7.37. The fourth-order valence-corrected chi connectivity index (χ4v) is 2.11. The number of benzene rings is 1. The number of aromatic carboxylic acids is 1. The molecule has 0 heterocycles. The molecule has 0 aromatic heterocycles. The van der Waals surface area contributed by atoms with Crippen LogP contribution >= 0.6 is 0 Å². The third kappa shape index (κ3) is 6.15. The van der Waals surface area contributed by atoms with E-state index in [1.807, 2.05) is 0 Å². The summed E-state index contributed by atoms with van der Waals surface area (Å²) in [6.07, 6.45) is 7.49. The summed E-state index contributed by atoms with van der Waals surface area (Å²) in [7, 11) is 0. The van der Waals surface area contributed by atoms with Crippen molar-refractivity contribution in [3.05, 3.63) is 35.1 Å². The van der Waals surface area contributed by atoms with Gasteiger partial charge in [-0.1, -0.05) is 45.1 Å². The smallest absolute Gasteiger partial charge is 0.338 e. The lowest BCUT2D eigenvalue weighted by Crippen LogP contribution is -2.15. The van der Waals surface area contributed by atoms with Crippen LogP contribution in [-0.2, 0) is 6.54 Å². The highest BCUT2D eigenvalue weighted by Crippen LogP contribution is 2.10. The van der Waals surface area contributed by atoms with Crippen molar-refractivity contribution in [3.8, 4) is 0 Å². The Morgan fingerprint density at radius 1 is 1.20 bits per heavy atom. The maximum atomic E-state index is 13.4. The first-order chi connectivity index (χ1) is 9.65. The minimum atomic E-state index is -1.23. The molecule has 1 rings (SSSR count). The van der Waals surface area contributed by atoms with Crippen molar-refractivity contribution in [1.82, 2.24) is 5.32 Å². The second kappa shape index (κ2) is 9.48. The standard InChI is InChI=1S/C16H24FNO2/c1-2-3-4-5-6-7-10-18-12-13-8-9-14(16(19)20)15(17)11-13/h8-9,11,18H,2-7,10,12H2,1H3,(H,19,20). The maximum Gasteiger partial charge on any atom is 0.338 e. The van der Waals surface area contributed by atoms with Crippen molar-refractivity contribution in [1.29, 1.82) is 0 Å². The fraction of sp³-hybridized carbons (Fsp3) is 0.562. The summed E-state index contributed by atoms with van der Waals surface area (Å²) in [5, 5.41) is 12.0. The molecule has 0 atom stereocenters. The van der Waals surface area contributed by atoms with Gasteiger partial charge in [0.15, 0.2) is 0 Å². The zero-order chi connectivity index (χ0) is 14.8. The average molecular weight is 281 g/mol. The van der Waals surface area contributed by atoms with E-state index in [0.29, 0.717) is 6.54 Å². The van der Waals surface area contributed by atoms with E-state index in [0.717, 1.165) is 18.5 Å². The van der Waals surface area contributed by atoms with Gasteiger partial charge in [0, 0.05) is 6.54 Å². The molecule has 0 fully saturated rings. The molecule has 0 aliphatic rings. The highest BCUT2D eigenvalue weighted by atomic mass is 19.1. The Labute approximate surface area is 120 Å². The van der Waals surface area contributed by atoms with Crippen LogP contribution in [0.2, 0.25) is 0 Å². The van der Waals surface area contributed by atoms with Crippen molar-refractivity contribution in [2.75, 3.05) is 6.54 Å². The molecule has 2 N–H and O–H groups in total. The zero-order valence-electron chi connectivity index (χ0n) is 12.1. The summed E-state index contributed by atoms with van der Waals surface area (Å²) in [5.41, 5.74) is 0.503. The highest BCUT2D eigenvalue weighted by molar-refractivity contribution is 5.87. The number of rotatable bonds is 10. The fourth-order valence-electron chi connectivity index (χ4n) is 2.11. The van der Waals surface area contributed by atoms with Crippen molar-refractivity contribution in [2.24, 2.45) is 0 Å².